The first-order chi connectivity index (χ1) is 14.2. The minimum atomic E-state index is 0.369. The summed E-state index contributed by atoms with van der Waals surface area (Å²) in [5.74, 6) is 0.451. The van der Waals surface area contributed by atoms with Crippen molar-refractivity contribution in [2.45, 2.75) is 57.3 Å². The number of H-pyrrole nitrogens is 1. The van der Waals surface area contributed by atoms with E-state index in [4.69, 9.17) is 21.1 Å². The third kappa shape index (κ3) is 3.78. The molecule has 1 aromatic heterocycles. The zero-order chi connectivity index (χ0) is 19.8. The van der Waals surface area contributed by atoms with Gasteiger partial charge in [0.1, 0.15) is 0 Å². The Morgan fingerprint density at radius 2 is 1.90 bits per heavy atom. The lowest BCUT2D eigenvalue weighted by molar-refractivity contribution is -0.0800. The molecule has 5 rings (SSSR count). The van der Waals surface area contributed by atoms with Crippen LogP contribution in [0.15, 0.2) is 21.3 Å². The van der Waals surface area contributed by atoms with E-state index >= 15 is 0 Å². The molecule has 156 valence electrons. The average molecular weight is 417 g/mol. The molecule has 0 aromatic carbocycles. The van der Waals surface area contributed by atoms with Gasteiger partial charge in [0, 0.05) is 37.4 Å². The van der Waals surface area contributed by atoms with E-state index in [2.05, 4.69) is 33.2 Å². The predicted octanol–water partition coefficient (Wildman–Crippen LogP) is 3.20. The maximum atomic E-state index is 6.84. The van der Waals surface area contributed by atoms with Gasteiger partial charge in [0.15, 0.2) is 0 Å². The van der Waals surface area contributed by atoms with Crippen LogP contribution in [0.4, 0.5) is 5.69 Å². The fourth-order valence-corrected chi connectivity index (χ4v) is 5.47. The molecule has 7 heteroatoms. The third-order valence-electron chi connectivity index (χ3n) is 6.69. The van der Waals surface area contributed by atoms with Crippen molar-refractivity contribution in [1.82, 2.24) is 4.98 Å². The second kappa shape index (κ2) is 8.25. The van der Waals surface area contributed by atoms with Crippen LogP contribution in [-0.2, 0) is 16.0 Å². The number of allylic oxidation sites excluding steroid dienone is 1. The highest BCUT2D eigenvalue weighted by molar-refractivity contribution is 6.36. The number of rotatable bonds is 3. The second-order valence-electron chi connectivity index (χ2n) is 8.55. The molecule has 0 unspecified atom stereocenters. The van der Waals surface area contributed by atoms with Crippen LogP contribution in [0.2, 0.25) is 0 Å². The topological polar surface area (TPSA) is 62.2 Å². The number of halogens is 1. The van der Waals surface area contributed by atoms with E-state index < -0.39 is 0 Å². The van der Waals surface area contributed by atoms with Crippen molar-refractivity contribution in [2.75, 3.05) is 31.7 Å². The summed E-state index contributed by atoms with van der Waals surface area (Å²) in [6.45, 7) is 3.10. The molecule has 3 aliphatic heterocycles. The van der Waals surface area contributed by atoms with Crippen molar-refractivity contribution in [3.63, 3.8) is 0 Å². The zero-order valence-corrected chi connectivity index (χ0v) is 17.7. The van der Waals surface area contributed by atoms with Crippen molar-refractivity contribution < 1.29 is 9.47 Å². The van der Waals surface area contributed by atoms with E-state index in [-0.39, 0.29) is 0 Å². The number of nitrogens with zero attached hydrogens (tertiary/aromatic N) is 3. The molecule has 1 aromatic rings. The number of ether oxygens (including phenoxy) is 2. The molecule has 2 fully saturated rings. The molecule has 1 saturated carbocycles. The molecule has 29 heavy (non-hydrogen) atoms. The van der Waals surface area contributed by atoms with E-state index in [0.717, 1.165) is 74.0 Å². The van der Waals surface area contributed by atoms with Crippen LogP contribution in [0, 0.1) is 5.92 Å². The summed E-state index contributed by atoms with van der Waals surface area (Å²) < 4.78 is 11.8. The average Bonchev–Trinajstić information content (AvgIpc) is 3.08. The molecule has 0 bridgehead atoms. The summed E-state index contributed by atoms with van der Waals surface area (Å²) in [5, 5.41) is 11.4. The molecule has 0 radical (unpaired) electrons. The lowest BCUT2D eigenvalue weighted by Crippen LogP contribution is -2.32. The number of fused-ring (bicyclic) bond motifs is 3. The van der Waals surface area contributed by atoms with Gasteiger partial charge in [0.05, 0.1) is 41.3 Å². The molecule has 1 aliphatic carbocycles. The number of hydrogen-bond acceptors (Lipinski definition) is 5. The van der Waals surface area contributed by atoms with Crippen LogP contribution in [0.1, 0.15) is 44.1 Å². The van der Waals surface area contributed by atoms with E-state index in [9.17, 15) is 0 Å². The van der Waals surface area contributed by atoms with Gasteiger partial charge in [-0.05, 0) is 56.1 Å². The molecule has 0 amide bonds. The number of aromatic nitrogens is 1. The molecule has 0 atom stereocenters. The fraction of sp³-hybridized carbons (Fsp3) is 0.636. The lowest BCUT2D eigenvalue weighted by Gasteiger charge is -2.33. The minimum absolute atomic E-state index is 0.369. The van der Waals surface area contributed by atoms with E-state index in [1.807, 2.05) is 6.20 Å². The second-order valence-corrected chi connectivity index (χ2v) is 8.96. The summed E-state index contributed by atoms with van der Waals surface area (Å²) in [7, 11) is 2.13. The van der Waals surface area contributed by atoms with Gasteiger partial charge in [0.25, 0.3) is 0 Å². The largest absolute Gasteiger partial charge is 0.381 e. The molecule has 1 N–H and O–H groups in total. The van der Waals surface area contributed by atoms with Crippen LogP contribution >= 0.6 is 11.6 Å². The number of likely N-dealkylation sites (N-methyl/N-ethyl adjacent to an activating group) is 1. The quantitative estimate of drug-likeness (QED) is 0.823. The molecule has 6 nitrogen and oxygen atoms in total. The Balaban J connectivity index is 1.41. The summed E-state index contributed by atoms with van der Waals surface area (Å²) >= 11 is 6.84. The number of azo groups is 1. The number of aromatic amines is 1. The highest BCUT2D eigenvalue weighted by Crippen LogP contribution is 2.38. The summed E-state index contributed by atoms with van der Waals surface area (Å²) in [5.41, 5.74) is 3.72. The predicted molar refractivity (Wildman–Crippen MR) is 114 cm³/mol. The molecule has 0 spiro atoms. The lowest BCUT2D eigenvalue weighted by atomic mass is 9.81. The monoisotopic (exact) mass is 416 g/mol. The van der Waals surface area contributed by atoms with Crippen LogP contribution < -0.4 is 15.6 Å². The van der Waals surface area contributed by atoms with Gasteiger partial charge in [-0.15, -0.1) is 0 Å². The van der Waals surface area contributed by atoms with Crippen molar-refractivity contribution in [3.05, 3.63) is 27.4 Å². The molecule has 1 saturated heterocycles. The van der Waals surface area contributed by atoms with Gasteiger partial charge in [-0.25, -0.2) is 0 Å². The summed E-state index contributed by atoms with van der Waals surface area (Å²) in [6, 6.07) is 0. The van der Waals surface area contributed by atoms with Crippen molar-refractivity contribution in [2.24, 2.45) is 16.1 Å². The Kier molecular flexibility index (Phi) is 5.50. The summed E-state index contributed by atoms with van der Waals surface area (Å²) in [6.07, 6.45) is 11.2. The van der Waals surface area contributed by atoms with E-state index in [0.29, 0.717) is 24.7 Å². The summed E-state index contributed by atoms with van der Waals surface area (Å²) in [4.78, 5) is 5.89. The SMILES string of the molecule is CN1CC=C(Cl)C(C2CCC(OC3CCOCC3)CC2)=c2[nH]c3c(c21)CN=NC=3. The number of nitrogens with one attached hydrogen (secondary N) is 1. The van der Waals surface area contributed by atoms with Gasteiger partial charge >= 0.3 is 0 Å². The van der Waals surface area contributed by atoms with Crippen molar-refractivity contribution in [3.8, 4) is 0 Å². The number of hydrogen-bond donors (Lipinski definition) is 1. The van der Waals surface area contributed by atoms with E-state index in [1.165, 1.54) is 16.8 Å². The van der Waals surface area contributed by atoms with E-state index in [1.54, 1.807) is 0 Å². The van der Waals surface area contributed by atoms with Crippen molar-refractivity contribution >= 4 is 29.1 Å². The maximum Gasteiger partial charge on any atom is 0.0895 e. The normalized spacial score (nSPS) is 27.7. The highest BCUT2D eigenvalue weighted by Gasteiger charge is 2.31. The Morgan fingerprint density at radius 1 is 1.14 bits per heavy atom. The zero-order valence-electron chi connectivity index (χ0n) is 17.0. The molecule has 4 heterocycles. The van der Waals surface area contributed by atoms with Crippen LogP contribution in [0.3, 0.4) is 0 Å². The first-order valence-corrected chi connectivity index (χ1v) is 11.2. The Hall–Kier alpha value is -1.63. The standard InChI is InChI=1S/C22H29ClN4O2/c1-27-9-6-18(23)20(21-22(27)17-12-24-25-13-19(17)26-21)14-2-4-15(5-3-14)29-16-7-10-28-11-8-16/h6,13-16,26H,2-5,7-12H2,1H3. The highest BCUT2D eigenvalue weighted by atomic mass is 35.5. The molecular formula is C22H29ClN4O2. The molecular weight excluding hydrogens is 388 g/mol. The number of anilines is 1. The Labute approximate surface area is 176 Å². The van der Waals surface area contributed by atoms with Gasteiger partial charge in [-0.3, -0.25) is 0 Å². The first-order valence-electron chi connectivity index (χ1n) is 10.8. The van der Waals surface area contributed by atoms with Gasteiger partial charge < -0.3 is 19.4 Å². The van der Waals surface area contributed by atoms with Crippen LogP contribution in [0.25, 0.3) is 11.8 Å². The van der Waals surface area contributed by atoms with Gasteiger partial charge in [-0.2, -0.15) is 10.2 Å². The maximum absolute atomic E-state index is 6.84. The molecule has 4 aliphatic rings. The Bertz CT molecular complexity index is 937. The van der Waals surface area contributed by atoms with Gasteiger partial charge in [0.2, 0.25) is 0 Å². The Morgan fingerprint density at radius 3 is 2.69 bits per heavy atom. The fourth-order valence-electron chi connectivity index (χ4n) is 5.15. The van der Waals surface area contributed by atoms with Crippen molar-refractivity contribution in [1.29, 1.82) is 0 Å². The minimum Gasteiger partial charge on any atom is -0.381 e. The first kappa shape index (κ1) is 19.3. The van der Waals surface area contributed by atoms with Gasteiger partial charge in [-0.1, -0.05) is 11.6 Å². The third-order valence-corrected chi connectivity index (χ3v) is 7.05. The van der Waals surface area contributed by atoms with Crippen LogP contribution in [-0.4, -0.2) is 44.0 Å². The van der Waals surface area contributed by atoms with Crippen LogP contribution in [0.5, 0.6) is 0 Å². The smallest absolute Gasteiger partial charge is 0.0895 e.